The predicted octanol–water partition coefficient (Wildman–Crippen LogP) is -1.86. The minimum absolute atomic E-state index is 0. The zero-order valence-electron chi connectivity index (χ0n) is 3.63. The summed E-state index contributed by atoms with van der Waals surface area (Å²) in [4.78, 5) is 20.1. The molecule has 1 heterocycles. The number of hydrogen-bond acceptors (Lipinski definition) is 3. The molecule has 0 aromatic carbocycles. The van der Waals surface area contributed by atoms with Crippen LogP contribution in [0.5, 0.6) is 0 Å². The summed E-state index contributed by atoms with van der Waals surface area (Å²) in [5, 5.41) is 0. The van der Waals surface area contributed by atoms with E-state index in [9.17, 15) is 14.1 Å². The quantitative estimate of drug-likeness (QED) is 0.275. The molecule has 7 heteroatoms. The molecule has 0 radical (unpaired) electrons. The molecule has 0 atom stereocenters. The first-order valence-electron chi connectivity index (χ1n) is 1.73. The molecule has 46 valence electrons. The van der Waals surface area contributed by atoms with E-state index in [1.165, 1.54) is 0 Å². The number of rotatable bonds is 0. The van der Waals surface area contributed by atoms with Crippen molar-refractivity contribution in [2.45, 2.75) is 0 Å². The molecular formula is C2H3KN2O3S. The van der Waals surface area contributed by atoms with Gasteiger partial charge in [0.25, 0.3) is 0 Å². The van der Waals surface area contributed by atoms with Crippen LogP contribution in [0.1, 0.15) is 0 Å². The van der Waals surface area contributed by atoms with E-state index in [2.05, 4.69) is 0 Å². The number of aromatic amines is 2. The topological polar surface area (TPSA) is 88.8 Å². The fourth-order valence-corrected chi connectivity index (χ4v) is 0.860. The Balaban J connectivity index is 0.000000640. The molecular weight excluding hydrogens is 171 g/mol. The van der Waals surface area contributed by atoms with Gasteiger partial charge in [-0.15, -0.1) is 8.75 Å². The standard InChI is InChI=1S/C2H2N2O3S.K.H/c5-1-2(6)4-8(7)3-1;;/h(H,3,5)(H,4,6);;. The molecule has 1 aromatic rings. The van der Waals surface area contributed by atoms with Crippen molar-refractivity contribution in [2.75, 3.05) is 0 Å². The minimum atomic E-state index is -1.68. The molecule has 1 aromatic heterocycles. The monoisotopic (exact) mass is 174 g/mol. The molecule has 0 fully saturated rings. The summed E-state index contributed by atoms with van der Waals surface area (Å²) in [6, 6.07) is 0. The van der Waals surface area contributed by atoms with Crippen LogP contribution in [0.15, 0.2) is 9.59 Å². The number of aromatic nitrogens is 2. The van der Waals surface area contributed by atoms with Crippen molar-refractivity contribution in [1.82, 2.24) is 8.75 Å². The SMILES string of the molecule is O=c1[nH][s+]([O-])[nH]c1=O.[KH]. The average molecular weight is 174 g/mol. The fourth-order valence-electron chi connectivity index (χ4n) is 0.287. The molecule has 0 saturated carbocycles. The van der Waals surface area contributed by atoms with Gasteiger partial charge >= 0.3 is 62.5 Å². The van der Waals surface area contributed by atoms with E-state index in [1.54, 1.807) is 0 Å². The van der Waals surface area contributed by atoms with E-state index in [-0.39, 0.29) is 51.4 Å². The summed E-state index contributed by atoms with van der Waals surface area (Å²) in [5.74, 6) is 0. The summed E-state index contributed by atoms with van der Waals surface area (Å²) in [7, 11) is 0. The Morgan fingerprint density at radius 1 is 1.22 bits per heavy atom. The zero-order valence-corrected chi connectivity index (χ0v) is 4.45. The van der Waals surface area contributed by atoms with Crippen molar-refractivity contribution >= 4 is 62.5 Å². The average Bonchev–Trinajstić information content (AvgIpc) is 1.85. The van der Waals surface area contributed by atoms with Gasteiger partial charge in [-0.2, -0.15) is 0 Å². The third kappa shape index (κ3) is 2.46. The van der Waals surface area contributed by atoms with Gasteiger partial charge in [0.1, 0.15) is 11.1 Å². The van der Waals surface area contributed by atoms with Gasteiger partial charge in [-0.05, 0) is 0 Å². The van der Waals surface area contributed by atoms with Crippen LogP contribution < -0.4 is 11.1 Å². The molecule has 0 spiro atoms. The van der Waals surface area contributed by atoms with Crippen molar-refractivity contribution in [3.05, 3.63) is 20.7 Å². The van der Waals surface area contributed by atoms with E-state index in [0.717, 1.165) is 0 Å². The van der Waals surface area contributed by atoms with Crippen molar-refractivity contribution < 1.29 is 4.55 Å². The molecule has 0 bridgehead atoms. The van der Waals surface area contributed by atoms with Crippen molar-refractivity contribution in [1.29, 1.82) is 0 Å². The Kier molecular flexibility index (Phi) is 4.13. The summed E-state index contributed by atoms with van der Waals surface area (Å²) < 4.78 is 13.8. The first-order chi connectivity index (χ1) is 3.70. The molecule has 0 saturated heterocycles. The van der Waals surface area contributed by atoms with Crippen LogP contribution in [0.2, 0.25) is 0 Å². The van der Waals surface area contributed by atoms with E-state index in [4.69, 9.17) is 0 Å². The van der Waals surface area contributed by atoms with Crippen LogP contribution in [0.4, 0.5) is 0 Å². The van der Waals surface area contributed by atoms with Gasteiger partial charge in [0.2, 0.25) is 0 Å². The molecule has 0 amide bonds. The van der Waals surface area contributed by atoms with Crippen LogP contribution in [0.3, 0.4) is 0 Å². The van der Waals surface area contributed by atoms with E-state index in [0.29, 0.717) is 0 Å². The predicted molar refractivity (Wildman–Crippen MR) is 33.5 cm³/mol. The van der Waals surface area contributed by atoms with Crippen LogP contribution in [0.25, 0.3) is 0 Å². The Morgan fingerprint density at radius 2 is 1.56 bits per heavy atom. The second-order valence-corrected chi connectivity index (χ2v) is 2.08. The van der Waals surface area contributed by atoms with Crippen molar-refractivity contribution in [3.63, 3.8) is 0 Å². The van der Waals surface area contributed by atoms with Crippen LogP contribution in [-0.2, 0) is 0 Å². The molecule has 0 aliphatic heterocycles. The van der Waals surface area contributed by atoms with Gasteiger partial charge in [0.05, 0.1) is 0 Å². The van der Waals surface area contributed by atoms with Crippen molar-refractivity contribution in [2.24, 2.45) is 0 Å². The number of H-pyrrole nitrogens is 2. The first-order valence-corrected chi connectivity index (χ1v) is 2.88. The van der Waals surface area contributed by atoms with Gasteiger partial charge in [-0.25, -0.2) is 0 Å². The summed E-state index contributed by atoms with van der Waals surface area (Å²) in [6.45, 7) is 0. The van der Waals surface area contributed by atoms with E-state index in [1.807, 2.05) is 8.75 Å². The third-order valence-electron chi connectivity index (χ3n) is 0.577. The molecule has 0 aliphatic rings. The van der Waals surface area contributed by atoms with Gasteiger partial charge in [-0.3, -0.25) is 9.59 Å². The zero-order chi connectivity index (χ0) is 6.15. The Bertz CT molecular complexity index is 257. The summed E-state index contributed by atoms with van der Waals surface area (Å²) in [6.07, 6.45) is 0. The van der Waals surface area contributed by atoms with Gasteiger partial charge in [0.15, 0.2) is 0 Å². The third-order valence-corrected chi connectivity index (χ3v) is 1.32. The molecule has 9 heavy (non-hydrogen) atoms. The fraction of sp³-hybridized carbons (Fsp3) is 0. The van der Waals surface area contributed by atoms with Gasteiger partial charge in [0, 0.05) is 0 Å². The van der Waals surface area contributed by atoms with Crippen molar-refractivity contribution in [3.8, 4) is 0 Å². The molecule has 0 unspecified atom stereocenters. The Labute approximate surface area is 95.0 Å². The maximum absolute atomic E-state index is 10.1. The van der Waals surface area contributed by atoms with Crippen LogP contribution >= 0.6 is 11.1 Å². The summed E-state index contributed by atoms with van der Waals surface area (Å²) in [5.41, 5.74) is -1.69. The first kappa shape index (κ1) is 9.76. The molecule has 2 N–H and O–H groups in total. The molecule has 5 nitrogen and oxygen atoms in total. The number of nitrogens with one attached hydrogen (secondary N) is 2. The second kappa shape index (κ2) is 3.81. The summed E-state index contributed by atoms with van der Waals surface area (Å²) >= 11 is -1.68. The maximum atomic E-state index is 10.1. The van der Waals surface area contributed by atoms with Gasteiger partial charge in [-0.1, -0.05) is 0 Å². The molecule has 0 aliphatic carbocycles. The van der Waals surface area contributed by atoms with Crippen LogP contribution in [-0.4, -0.2) is 64.7 Å². The van der Waals surface area contributed by atoms with Gasteiger partial charge < -0.3 is 4.55 Å². The Morgan fingerprint density at radius 3 is 1.67 bits per heavy atom. The molecule has 1 rings (SSSR count). The Hall–Kier alpha value is 0.756. The number of hydrogen-bond donors (Lipinski definition) is 2. The van der Waals surface area contributed by atoms with E-state index >= 15 is 0 Å². The van der Waals surface area contributed by atoms with Crippen LogP contribution in [0, 0.1) is 0 Å². The second-order valence-electron chi connectivity index (χ2n) is 1.13. The normalized spacial score (nSPS) is 8.56. The van der Waals surface area contributed by atoms with E-state index < -0.39 is 22.3 Å².